The van der Waals surface area contributed by atoms with Crippen LogP contribution in [-0.4, -0.2) is 18.7 Å². The van der Waals surface area contributed by atoms with Gasteiger partial charge in [-0.15, -0.1) is 0 Å². The molecule has 0 amide bonds. The number of hydrogen-bond acceptors (Lipinski definition) is 7. The van der Waals surface area contributed by atoms with Crippen LogP contribution in [0.5, 0.6) is 23.0 Å². The number of aryl methyl sites for hydroxylation is 1. The summed E-state index contributed by atoms with van der Waals surface area (Å²) in [5.74, 6) is 1.12. The third-order valence-corrected chi connectivity index (χ3v) is 6.37. The summed E-state index contributed by atoms with van der Waals surface area (Å²) >= 11 is 0. The molecule has 0 radical (unpaired) electrons. The first-order chi connectivity index (χ1) is 18.4. The van der Waals surface area contributed by atoms with E-state index < -0.39 is 18.0 Å². The molecule has 1 aliphatic heterocycles. The number of carbonyl (C=O) groups is 1. The fraction of sp³-hybridized carbons (Fsp3) is 0.290. The van der Waals surface area contributed by atoms with Gasteiger partial charge in [0.1, 0.15) is 34.6 Å². The second-order valence-electron chi connectivity index (χ2n) is 9.07. The second kappa shape index (κ2) is 12.2. The zero-order valence-corrected chi connectivity index (χ0v) is 21.9. The summed E-state index contributed by atoms with van der Waals surface area (Å²) in [7, 11) is 0. The van der Waals surface area contributed by atoms with E-state index in [0.29, 0.717) is 23.7 Å². The molecule has 7 nitrogen and oxygen atoms in total. The van der Waals surface area contributed by atoms with Crippen molar-refractivity contribution in [3.8, 4) is 29.1 Å². The van der Waals surface area contributed by atoms with Gasteiger partial charge in [-0.2, -0.15) is 5.26 Å². The molecule has 0 spiro atoms. The van der Waals surface area contributed by atoms with Gasteiger partial charge in [-0.3, -0.25) is 0 Å². The zero-order valence-electron chi connectivity index (χ0n) is 21.9. The van der Waals surface area contributed by atoms with Crippen LogP contribution in [0.1, 0.15) is 56.2 Å². The van der Waals surface area contributed by atoms with E-state index >= 15 is 0 Å². The van der Waals surface area contributed by atoms with Crippen LogP contribution >= 0.6 is 0 Å². The van der Waals surface area contributed by atoms with Crippen LogP contribution in [0.2, 0.25) is 0 Å². The van der Waals surface area contributed by atoms with Gasteiger partial charge in [0.25, 0.3) is 0 Å². The van der Waals surface area contributed by atoms with Gasteiger partial charge in [0.2, 0.25) is 5.88 Å². The van der Waals surface area contributed by atoms with Crippen LogP contribution in [0.3, 0.4) is 0 Å². The van der Waals surface area contributed by atoms with Gasteiger partial charge in [-0.25, -0.2) is 4.79 Å². The first kappa shape index (κ1) is 26.6. The molecule has 2 atom stereocenters. The molecule has 38 heavy (non-hydrogen) atoms. The Morgan fingerprint density at radius 1 is 1.03 bits per heavy atom. The third-order valence-electron chi connectivity index (χ3n) is 6.37. The molecule has 3 aromatic carbocycles. The molecule has 0 saturated heterocycles. The lowest BCUT2D eigenvalue weighted by molar-refractivity contribution is -0.141. The van der Waals surface area contributed by atoms with Gasteiger partial charge in [0.15, 0.2) is 6.10 Å². The number of carbonyl (C=O) groups excluding carboxylic acids is 1. The van der Waals surface area contributed by atoms with E-state index in [-0.39, 0.29) is 11.6 Å². The first-order valence-corrected chi connectivity index (χ1v) is 12.8. The van der Waals surface area contributed by atoms with Gasteiger partial charge in [0.05, 0.1) is 12.5 Å². The van der Waals surface area contributed by atoms with Gasteiger partial charge >= 0.3 is 5.97 Å². The summed E-state index contributed by atoms with van der Waals surface area (Å²) in [5, 5.41) is 9.83. The van der Waals surface area contributed by atoms with E-state index in [1.165, 1.54) is 5.56 Å². The number of unbranched alkanes of at least 4 members (excludes halogenated alkanes) is 1. The van der Waals surface area contributed by atoms with E-state index in [0.717, 1.165) is 36.1 Å². The lowest BCUT2D eigenvalue weighted by atomic mass is 9.83. The summed E-state index contributed by atoms with van der Waals surface area (Å²) in [6, 6.07) is 22.5. The number of benzene rings is 3. The van der Waals surface area contributed by atoms with Crippen molar-refractivity contribution in [3.63, 3.8) is 0 Å². The molecule has 7 heteroatoms. The third kappa shape index (κ3) is 6.09. The fourth-order valence-electron chi connectivity index (χ4n) is 4.19. The van der Waals surface area contributed by atoms with Crippen molar-refractivity contribution in [1.82, 2.24) is 0 Å². The van der Waals surface area contributed by atoms with Crippen molar-refractivity contribution >= 4 is 5.97 Å². The Morgan fingerprint density at radius 2 is 1.71 bits per heavy atom. The maximum Gasteiger partial charge on any atom is 0.352 e. The molecule has 0 aliphatic carbocycles. The highest BCUT2D eigenvalue weighted by Gasteiger charge is 2.31. The average molecular weight is 513 g/mol. The van der Waals surface area contributed by atoms with Crippen molar-refractivity contribution in [2.24, 2.45) is 5.73 Å². The van der Waals surface area contributed by atoms with Crippen molar-refractivity contribution in [3.05, 3.63) is 94.9 Å². The molecule has 0 saturated carbocycles. The van der Waals surface area contributed by atoms with Crippen LogP contribution in [0.4, 0.5) is 0 Å². The molecular formula is C31H32N2O5. The highest BCUT2D eigenvalue weighted by Crippen LogP contribution is 2.43. The minimum Gasteiger partial charge on any atom is -0.494 e. The molecule has 2 N–H and O–H groups in total. The van der Waals surface area contributed by atoms with Crippen LogP contribution in [0.25, 0.3) is 0 Å². The monoisotopic (exact) mass is 512 g/mol. The van der Waals surface area contributed by atoms with Crippen molar-refractivity contribution in [2.45, 2.75) is 52.1 Å². The smallest absolute Gasteiger partial charge is 0.352 e. The molecule has 0 bridgehead atoms. The number of nitriles is 1. The Balaban J connectivity index is 1.51. The minimum absolute atomic E-state index is 0.0176. The number of esters is 1. The second-order valence-corrected chi connectivity index (χ2v) is 9.07. The fourth-order valence-corrected chi connectivity index (χ4v) is 4.19. The van der Waals surface area contributed by atoms with Crippen molar-refractivity contribution in [2.75, 3.05) is 6.61 Å². The van der Waals surface area contributed by atoms with Gasteiger partial charge < -0.3 is 24.7 Å². The molecule has 2 unspecified atom stereocenters. The average Bonchev–Trinajstić information content (AvgIpc) is 2.93. The first-order valence-electron chi connectivity index (χ1n) is 12.8. The number of fused-ring (bicyclic) bond motifs is 1. The van der Waals surface area contributed by atoms with E-state index in [2.05, 4.69) is 19.9 Å². The lowest BCUT2D eigenvalue weighted by Gasteiger charge is -2.27. The van der Waals surface area contributed by atoms with E-state index in [1.807, 2.05) is 48.5 Å². The topological polar surface area (TPSA) is 104 Å². The van der Waals surface area contributed by atoms with Gasteiger partial charge in [-0.1, -0.05) is 50.6 Å². The predicted octanol–water partition coefficient (Wildman–Crippen LogP) is 6.02. The van der Waals surface area contributed by atoms with Crippen LogP contribution < -0.4 is 24.7 Å². The highest BCUT2D eigenvalue weighted by atomic mass is 16.6. The Labute approximate surface area is 223 Å². The maximum atomic E-state index is 12.7. The molecule has 1 heterocycles. The number of allylic oxidation sites excluding steroid dienone is 1. The van der Waals surface area contributed by atoms with Gasteiger partial charge in [-0.05, 0) is 61.2 Å². The van der Waals surface area contributed by atoms with Crippen LogP contribution in [-0.2, 0) is 11.2 Å². The summed E-state index contributed by atoms with van der Waals surface area (Å²) in [6.07, 6.45) is 2.15. The molecule has 1 aliphatic rings. The molecule has 3 aromatic rings. The number of nitrogens with zero attached hydrogens (tertiary/aromatic N) is 1. The van der Waals surface area contributed by atoms with Crippen LogP contribution in [0, 0.1) is 11.3 Å². The number of rotatable bonds is 10. The molecule has 4 rings (SSSR count). The number of ether oxygens (including phenoxy) is 4. The van der Waals surface area contributed by atoms with Crippen molar-refractivity contribution in [1.29, 1.82) is 5.26 Å². The Bertz CT molecular complexity index is 1340. The molecule has 196 valence electrons. The Hall–Kier alpha value is -4.44. The normalized spacial score (nSPS) is 15.1. The zero-order chi connectivity index (χ0) is 27.1. The van der Waals surface area contributed by atoms with Crippen molar-refractivity contribution < 1.29 is 23.7 Å². The Morgan fingerprint density at radius 3 is 2.37 bits per heavy atom. The lowest BCUT2D eigenvalue weighted by Crippen LogP contribution is -2.28. The van der Waals surface area contributed by atoms with E-state index in [4.69, 9.17) is 24.7 Å². The summed E-state index contributed by atoms with van der Waals surface area (Å²) in [6.45, 7) is 6.48. The van der Waals surface area contributed by atoms with Crippen LogP contribution in [0.15, 0.2) is 78.2 Å². The summed E-state index contributed by atoms with van der Waals surface area (Å²) in [5.41, 5.74) is 9.25. The van der Waals surface area contributed by atoms with E-state index in [1.54, 1.807) is 25.1 Å². The molecular weight excluding hydrogens is 480 g/mol. The maximum absolute atomic E-state index is 12.7. The standard InChI is InChI=1S/C31H32N2O5/c1-4-6-17-35-23-13-9-22(10-14-23)29-26-16-15-25(18-28(26)38-30(33)27(29)19-32)37-31(34)20(3)36-24-11-7-21(5-2)8-12-24/h7-16,18,20,29H,4-6,17,33H2,1-3H3. The molecule has 0 fully saturated rings. The number of hydrogen-bond donors (Lipinski definition) is 1. The van der Waals surface area contributed by atoms with E-state index in [9.17, 15) is 10.1 Å². The van der Waals surface area contributed by atoms with Gasteiger partial charge in [0, 0.05) is 11.6 Å². The minimum atomic E-state index is -0.819. The largest absolute Gasteiger partial charge is 0.494 e. The highest BCUT2D eigenvalue weighted by molar-refractivity contribution is 5.77. The SMILES string of the molecule is CCCCOc1ccc(C2C(C#N)=C(N)Oc3cc(OC(=O)C(C)Oc4ccc(CC)cc4)ccc32)cc1. The quantitative estimate of drug-likeness (QED) is 0.201. The number of nitrogens with two attached hydrogens (primary N) is 1. The Kier molecular flexibility index (Phi) is 8.55. The summed E-state index contributed by atoms with van der Waals surface area (Å²) < 4.78 is 22.8. The molecule has 0 aromatic heterocycles. The predicted molar refractivity (Wildman–Crippen MR) is 144 cm³/mol. The summed E-state index contributed by atoms with van der Waals surface area (Å²) in [4.78, 5) is 12.7.